The number of halogens is 2. The topological polar surface area (TPSA) is 113 Å². The molecular weight excluding hydrogens is 408 g/mol. The van der Waals surface area contributed by atoms with Crippen LogP contribution in [0.5, 0.6) is 0 Å². The average Bonchev–Trinajstić information content (AvgIpc) is 2.74. The van der Waals surface area contributed by atoms with Crippen molar-refractivity contribution in [3.8, 4) is 6.07 Å². The maximum Gasteiger partial charge on any atom is 0.160 e. The Kier molecular flexibility index (Phi) is 5.22. The normalized spacial score (nSPS) is 21.1. The van der Waals surface area contributed by atoms with E-state index in [0.717, 1.165) is 0 Å². The first kappa shape index (κ1) is 20.0. The molecule has 0 aliphatic carbocycles. The van der Waals surface area contributed by atoms with E-state index in [0.29, 0.717) is 34.5 Å². The minimum absolute atomic E-state index is 0.00129. The summed E-state index contributed by atoms with van der Waals surface area (Å²) in [4.78, 5) is 16.8. The molecule has 2 atom stereocenters. The number of nitriles is 1. The first-order valence-corrected chi connectivity index (χ1v) is 9.98. The predicted molar refractivity (Wildman–Crippen MR) is 113 cm³/mol. The van der Waals surface area contributed by atoms with Gasteiger partial charge < -0.3 is 11.1 Å². The Bertz CT molecular complexity index is 1190. The largest absolute Gasteiger partial charge is 0.379 e. The van der Waals surface area contributed by atoms with Crippen molar-refractivity contribution in [3.63, 3.8) is 0 Å². The highest BCUT2D eigenvalue weighted by Gasteiger charge is 2.40. The number of aromatic nitrogens is 3. The van der Waals surface area contributed by atoms with Crippen molar-refractivity contribution in [3.05, 3.63) is 53.7 Å². The van der Waals surface area contributed by atoms with E-state index >= 15 is 0 Å². The van der Waals surface area contributed by atoms with Gasteiger partial charge in [-0.05, 0) is 30.7 Å². The molecule has 0 radical (unpaired) electrons. The number of fused-ring (bicyclic) bond motifs is 1. The molecule has 152 valence electrons. The van der Waals surface area contributed by atoms with Gasteiger partial charge in [0.1, 0.15) is 35.9 Å². The van der Waals surface area contributed by atoms with Gasteiger partial charge in [0.25, 0.3) is 0 Å². The van der Waals surface area contributed by atoms with Crippen LogP contribution >= 0.6 is 11.8 Å². The number of thioether (sulfide) groups is 1. The molecule has 0 saturated heterocycles. The SMILES string of the molecule is C[C@@H]1C[C@@](CF)(c2cc(Nc3ncnc4cc(C#N)cnc34)ccc2F)N=C(N)S1. The van der Waals surface area contributed by atoms with E-state index in [9.17, 15) is 8.78 Å². The lowest BCUT2D eigenvalue weighted by molar-refractivity contribution is 0.287. The molecule has 0 fully saturated rings. The Balaban J connectivity index is 1.75. The van der Waals surface area contributed by atoms with E-state index in [4.69, 9.17) is 11.0 Å². The molecule has 0 amide bonds. The lowest BCUT2D eigenvalue weighted by Gasteiger charge is -2.34. The van der Waals surface area contributed by atoms with Gasteiger partial charge in [0, 0.05) is 22.7 Å². The van der Waals surface area contributed by atoms with Crippen LogP contribution in [0, 0.1) is 17.1 Å². The summed E-state index contributed by atoms with van der Waals surface area (Å²) in [5.41, 5.74) is 6.44. The van der Waals surface area contributed by atoms with Crippen molar-refractivity contribution in [2.75, 3.05) is 12.0 Å². The van der Waals surface area contributed by atoms with Gasteiger partial charge in [-0.2, -0.15) is 5.26 Å². The van der Waals surface area contributed by atoms with Gasteiger partial charge in [-0.3, -0.25) is 0 Å². The zero-order chi connectivity index (χ0) is 21.3. The Hall–Kier alpha value is -3.32. The van der Waals surface area contributed by atoms with Crippen molar-refractivity contribution < 1.29 is 8.78 Å². The highest BCUT2D eigenvalue weighted by atomic mass is 32.2. The highest BCUT2D eigenvalue weighted by molar-refractivity contribution is 8.14. The first-order chi connectivity index (χ1) is 14.4. The quantitative estimate of drug-likeness (QED) is 0.654. The average molecular weight is 425 g/mol. The van der Waals surface area contributed by atoms with Crippen LogP contribution in [0.2, 0.25) is 0 Å². The van der Waals surface area contributed by atoms with Crippen molar-refractivity contribution in [1.82, 2.24) is 15.0 Å². The van der Waals surface area contributed by atoms with Crippen LogP contribution in [0.15, 0.2) is 41.8 Å². The number of aliphatic imine (C=N–C) groups is 1. The monoisotopic (exact) mass is 425 g/mol. The number of anilines is 2. The molecule has 0 unspecified atom stereocenters. The number of amidine groups is 1. The second-order valence-electron chi connectivity index (χ2n) is 6.99. The molecule has 0 bridgehead atoms. The molecule has 0 spiro atoms. The van der Waals surface area contributed by atoms with Crippen molar-refractivity contribution >= 4 is 39.5 Å². The van der Waals surface area contributed by atoms with E-state index in [1.54, 1.807) is 6.07 Å². The molecule has 3 N–H and O–H groups in total. The molecular formula is C20H17F2N7S. The van der Waals surface area contributed by atoms with E-state index in [2.05, 4.69) is 25.3 Å². The standard InChI is InChI=1S/C20H17F2N7S/c1-11-6-20(9-21,29-19(24)30-11)14-5-13(2-3-15(14)22)28-18-17-16(26-10-27-18)4-12(7-23)8-25-17/h2-5,8,10-11H,6,9H2,1H3,(H2,24,29)(H,26,27,28)/t11-,20-/m1/s1. The minimum atomic E-state index is -1.37. The maximum absolute atomic E-state index is 14.7. The van der Waals surface area contributed by atoms with E-state index in [1.165, 1.54) is 42.5 Å². The van der Waals surface area contributed by atoms with E-state index in [1.807, 2.05) is 13.0 Å². The zero-order valence-electron chi connectivity index (χ0n) is 15.9. The molecule has 3 heterocycles. The number of hydrogen-bond acceptors (Lipinski definition) is 8. The van der Waals surface area contributed by atoms with Gasteiger partial charge in [-0.1, -0.05) is 18.7 Å². The van der Waals surface area contributed by atoms with Crippen LogP contribution in [-0.2, 0) is 5.54 Å². The summed E-state index contributed by atoms with van der Waals surface area (Å²) >= 11 is 1.35. The second-order valence-corrected chi connectivity index (χ2v) is 8.45. The molecule has 7 nitrogen and oxygen atoms in total. The van der Waals surface area contributed by atoms with E-state index < -0.39 is 18.0 Å². The number of nitrogens with two attached hydrogens (primary N) is 1. The lowest BCUT2D eigenvalue weighted by atomic mass is 9.86. The number of nitrogens with one attached hydrogen (secondary N) is 1. The number of hydrogen-bond donors (Lipinski definition) is 2. The number of nitrogens with zero attached hydrogens (tertiary/aromatic N) is 5. The van der Waals surface area contributed by atoms with Crippen LogP contribution in [-0.4, -0.2) is 32.0 Å². The Labute approximate surface area is 175 Å². The number of rotatable bonds is 4. The number of alkyl halides is 1. The maximum atomic E-state index is 14.7. The van der Waals surface area contributed by atoms with Gasteiger partial charge in [0.05, 0.1) is 11.1 Å². The summed E-state index contributed by atoms with van der Waals surface area (Å²) < 4.78 is 28.9. The molecule has 0 saturated carbocycles. The third kappa shape index (κ3) is 3.64. The fourth-order valence-electron chi connectivity index (χ4n) is 3.53. The summed E-state index contributed by atoms with van der Waals surface area (Å²) in [7, 11) is 0. The zero-order valence-corrected chi connectivity index (χ0v) is 16.7. The minimum Gasteiger partial charge on any atom is -0.379 e. The second kappa shape index (κ2) is 7.84. The summed E-state index contributed by atoms with van der Waals surface area (Å²) in [5, 5.41) is 12.4. The number of pyridine rings is 1. The van der Waals surface area contributed by atoms with Crippen molar-refractivity contribution in [2.24, 2.45) is 10.7 Å². The fraction of sp³-hybridized carbons (Fsp3) is 0.250. The van der Waals surface area contributed by atoms with Crippen molar-refractivity contribution in [1.29, 1.82) is 5.26 Å². The van der Waals surface area contributed by atoms with E-state index in [-0.39, 0.29) is 16.0 Å². The van der Waals surface area contributed by atoms with Crippen LogP contribution in [0.4, 0.5) is 20.3 Å². The van der Waals surface area contributed by atoms with Gasteiger partial charge in [0.15, 0.2) is 11.0 Å². The predicted octanol–water partition coefficient (Wildman–Crippen LogP) is 3.78. The lowest BCUT2D eigenvalue weighted by Crippen LogP contribution is -2.37. The first-order valence-electron chi connectivity index (χ1n) is 9.10. The Morgan fingerprint density at radius 2 is 2.17 bits per heavy atom. The van der Waals surface area contributed by atoms with Gasteiger partial charge in [-0.25, -0.2) is 28.7 Å². The van der Waals surface area contributed by atoms with Crippen LogP contribution in [0.25, 0.3) is 11.0 Å². The molecule has 3 aromatic rings. The molecule has 1 aliphatic heterocycles. The van der Waals surface area contributed by atoms with Crippen LogP contribution < -0.4 is 11.1 Å². The Morgan fingerprint density at radius 1 is 1.33 bits per heavy atom. The van der Waals surface area contributed by atoms with Gasteiger partial charge >= 0.3 is 0 Å². The summed E-state index contributed by atoms with van der Waals surface area (Å²) in [6.45, 7) is 1.04. The summed E-state index contributed by atoms with van der Waals surface area (Å²) in [6, 6.07) is 7.92. The molecule has 4 rings (SSSR count). The molecule has 1 aliphatic rings. The third-order valence-electron chi connectivity index (χ3n) is 4.83. The highest BCUT2D eigenvalue weighted by Crippen LogP contribution is 2.41. The van der Waals surface area contributed by atoms with Gasteiger partial charge in [-0.15, -0.1) is 0 Å². The smallest absolute Gasteiger partial charge is 0.160 e. The molecule has 30 heavy (non-hydrogen) atoms. The molecule has 10 heteroatoms. The van der Waals surface area contributed by atoms with Crippen LogP contribution in [0.1, 0.15) is 24.5 Å². The van der Waals surface area contributed by atoms with Crippen molar-refractivity contribution in [2.45, 2.75) is 24.1 Å². The van der Waals surface area contributed by atoms with Gasteiger partial charge in [0.2, 0.25) is 0 Å². The van der Waals surface area contributed by atoms with Crippen LogP contribution in [0.3, 0.4) is 0 Å². The molecule has 1 aromatic carbocycles. The number of benzene rings is 1. The summed E-state index contributed by atoms with van der Waals surface area (Å²) in [5.74, 6) is -0.176. The molecule has 2 aromatic heterocycles. The Morgan fingerprint density at radius 3 is 2.90 bits per heavy atom. The fourth-order valence-corrected chi connectivity index (χ4v) is 4.52. The summed E-state index contributed by atoms with van der Waals surface area (Å²) in [6.07, 6.45) is 3.08. The third-order valence-corrected chi connectivity index (χ3v) is 5.73.